The predicted octanol–water partition coefficient (Wildman–Crippen LogP) is 1.90. The number of anilines is 1. The Bertz CT molecular complexity index is 709. The minimum Gasteiger partial charge on any atom is -0.305 e. The van der Waals surface area contributed by atoms with Crippen molar-refractivity contribution in [2.45, 2.75) is 6.42 Å². The monoisotopic (exact) mass is 336 g/mol. The number of nitro benzene ring substituents is 1. The molecule has 1 amide bonds. The summed E-state index contributed by atoms with van der Waals surface area (Å²) in [6.45, 7) is -0.132. The van der Waals surface area contributed by atoms with Crippen LogP contribution in [0.1, 0.15) is 6.42 Å². The Morgan fingerprint density at radius 3 is 2.71 bits per heavy atom. The standard InChI is InChI=1S/C11H10ClFN2O5S/c12-8-2-1-3-9(15(17)18)11(8)14-5-7(4-10(14)16)6-21(13,19)20/h1-3,7H,4-6H2. The van der Waals surface area contributed by atoms with E-state index in [0.717, 1.165) is 4.90 Å². The molecule has 1 aromatic carbocycles. The maximum absolute atomic E-state index is 12.7. The number of nitro groups is 1. The third-order valence-electron chi connectivity index (χ3n) is 3.07. The van der Waals surface area contributed by atoms with E-state index in [9.17, 15) is 27.2 Å². The van der Waals surface area contributed by atoms with Gasteiger partial charge in [-0.2, -0.15) is 8.42 Å². The first-order chi connectivity index (χ1) is 9.69. The maximum atomic E-state index is 12.7. The molecule has 21 heavy (non-hydrogen) atoms. The van der Waals surface area contributed by atoms with E-state index in [4.69, 9.17) is 11.6 Å². The number of carbonyl (C=O) groups excluding carboxylic acids is 1. The predicted molar refractivity (Wildman–Crippen MR) is 73.5 cm³/mol. The van der Waals surface area contributed by atoms with Crippen LogP contribution in [0.25, 0.3) is 0 Å². The van der Waals surface area contributed by atoms with E-state index in [1.165, 1.54) is 18.2 Å². The Hall–Kier alpha value is -1.74. The van der Waals surface area contributed by atoms with Gasteiger partial charge in [0, 0.05) is 24.9 Å². The molecule has 0 N–H and O–H groups in total. The quantitative estimate of drug-likeness (QED) is 0.475. The molecule has 1 aromatic rings. The second-order valence-corrected chi connectivity index (χ2v) is 6.46. The number of halogens is 2. The lowest BCUT2D eigenvalue weighted by Gasteiger charge is -2.17. The fourth-order valence-corrected chi connectivity index (χ4v) is 3.37. The van der Waals surface area contributed by atoms with Crippen molar-refractivity contribution in [1.29, 1.82) is 0 Å². The smallest absolute Gasteiger partial charge is 0.302 e. The summed E-state index contributed by atoms with van der Waals surface area (Å²) in [6, 6.07) is 3.94. The molecule has 0 radical (unpaired) electrons. The van der Waals surface area contributed by atoms with Crippen LogP contribution in [0.15, 0.2) is 18.2 Å². The van der Waals surface area contributed by atoms with Crippen molar-refractivity contribution in [3.05, 3.63) is 33.3 Å². The van der Waals surface area contributed by atoms with Gasteiger partial charge in [-0.25, -0.2) is 0 Å². The van der Waals surface area contributed by atoms with Crippen LogP contribution in [0.2, 0.25) is 5.02 Å². The number of rotatable bonds is 4. The van der Waals surface area contributed by atoms with Gasteiger partial charge in [0.15, 0.2) is 0 Å². The van der Waals surface area contributed by atoms with Crippen LogP contribution in [-0.4, -0.2) is 31.5 Å². The van der Waals surface area contributed by atoms with Crippen molar-refractivity contribution in [3.8, 4) is 0 Å². The Morgan fingerprint density at radius 2 is 2.14 bits per heavy atom. The number of benzene rings is 1. The summed E-state index contributed by atoms with van der Waals surface area (Å²) < 4.78 is 34.0. The minimum absolute atomic E-state index is 0.00121. The van der Waals surface area contributed by atoms with E-state index in [1.807, 2.05) is 0 Å². The highest BCUT2D eigenvalue weighted by atomic mass is 35.5. The van der Waals surface area contributed by atoms with Crippen molar-refractivity contribution < 1.29 is 22.0 Å². The van der Waals surface area contributed by atoms with Crippen molar-refractivity contribution in [3.63, 3.8) is 0 Å². The molecule has 1 atom stereocenters. The molecule has 1 aliphatic rings. The third-order valence-corrected chi connectivity index (χ3v) is 4.25. The molecule has 1 aliphatic heterocycles. The molecule has 10 heteroatoms. The molecule has 114 valence electrons. The molecule has 1 saturated heterocycles. The number of nitrogens with zero attached hydrogens (tertiary/aromatic N) is 2. The van der Waals surface area contributed by atoms with E-state index >= 15 is 0 Å². The Labute approximate surface area is 124 Å². The molecule has 0 aromatic heterocycles. The van der Waals surface area contributed by atoms with Crippen LogP contribution >= 0.6 is 11.6 Å². The highest BCUT2D eigenvalue weighted by Crippen LogP contribution is 2.38. The third kappa shape index (κ3) is 3.48. The van der Waals surface area contributed by atoms with Gasteiger partial charge < -0.3 is 4.90 Å². The molecule has 1 fully saturated rings. The topological polar surface area (TPSA) is 97.6 Å². The lowest BCUT2D eigenvalue weighted by atomic mass is 10.1. The van der Waals surface area contributed by atoms with Gasteiger partial charge in [-0.05, 0) is 6.07 Å². The summed E-state index contributed by atoms with van der Waals surface area (Å²) in [4.78, 5) is 23.3. The van der Waals surface area contributed by atoms with Crippen LogP contribution < -0.4 is 4.90 Å². The number of para-hydroxylation sites is 1. The van der Waals surface area contributed by atoms with Crippen molar-refractivity contribution >= 4 is 39.1 Å². The molecule has 0 saturated carbocycles. The van der Waals surface area contributed by atoms with Gasteiger partial charge in [0.05, 0.1) is 15.7 Å². The van der Waals surface area contributed by atoms with Gasteiger partial charge in [0.2, 0.25) is 5.91 Å². The average Bonchev–Trinajstić information content (AvgIpc) is 2.66. The Balaban J connectivity index is 2.36. The van der Waals surface area contributed by atoms with E-state index in [2.05, 4.69) is 0 Å². The molecule has 1 heterocycles. The van der Waals surface area contributed by atoms with Crippen LogP contribution in [-0.2, 0) is 15.0 Å². The Morgan fingerprint density at radius 1 is 1.48 bits per heavy atom. The van der Waals surface area contributed by atoms with Crippen LogP contribution in [0, 0.1) is 16.0 Å². The number of amides is 1. The fraction of sp³-hybridized carbons (Fsp3) is 0.364. The summed E-state index contributed by atoms with van der Waals surface area (Å²) in [6.07, 6.45) is -0.203. The van der Waals surface area contributed by atoms with Crippen LogP contribution in [0.3, 0.4) is 0 Å². The molecule has 1 unspecified atom stereocenters. The van der Waals surface area contributed by atoms with Crippen molar-refractivity contribution in [2.24, 2.45) is 5.92 Å². The highest BCUT2D eigenvalue weighted by Gasteiger charge is 2.37. The highest BCUT2D eigenvalue weighted by molar-refractivity contribution is 7.86. The SMILES string of the molecule is O=C1CC(CS(=O)(=O)F)CN1c1c(Cl)cccc1[N+](=O)[O-]. The van der Waals surface area contributed by atoms with Gasteiger partial charge >= 0.3 is 10.2 Å². The first-order valence-corrected chi connectivity index (χ1v) is 7.77. The molecule has 0 spiro atoms. The number of hydrogen-bond acceptors (Lipinski definition) is 5. The van der Waals surface area contributed by atoms with Gasteiger partial charge in [-0.1, -0.05) is 17.7 Å². The largest absolute Gasteiger partial charge is 0.305 e. The van der Waals surface area contributed by atoms with Crippen LogP contribution in [0.5, 0.6) is 0 Å². The summed E-state index contributed by atoms with van der Waals surface area (Å²) >= 11 is 5.91. The van der Waals surface area contributed by atoms with Gasteiger partial charge in [-0.3, -0.25) is 14.9 Å². The molecule has 7 nitrogen and oxygen atoms in total. The molecule has 2 rings (SSSR count). The lowest BCUT2D eigenvalue weighted by Crippen LogP contribution is -2.26. The number of carbonyl (C=O) groups is 1. The molecular weight excluding hydrogens is 327 g/mol. The summed E-state index contributed by atoms with van der Waals surface area (Å²) in [5.41, 5.74) is -0.451. The van der Waals surface area contributed by atoms with Gasteiger partial charge in [-0.15, -0.1) is 3.89 Å². The zero-order valence-electron chi connectivity index (χ0n) is 10.5. The fourth-order valence-electron chi connectivity index (χ4n) is 2.31. The zero-order chi connectivity index (χ0) is 15.8. The lowest BCUT2D eigenvalue weighted by molar-refractivity contribution is -0.384. The zero-order valence-corrected chi connectivity index (χ0v) is 12.1. The molecule has 0 aliphatic carbocycles. The van der Waals surface area contributed by atoms with Crippen molar-refractivity contribution in [2.75, 3.05) is 17.2 Å². The Kier molecular flexibility index (Phi) is 4.15. The van der Waals surface area contributed by atoms with E-state index in [-0.39, 0.29) is 29.4 Å². The average molecular weight is 337 g/mol. The first kappa shape index (κ1) is 15.6. The molecular formula is C11H10ClFN2O5S. The normalized spacial score (nSPS) is 19.0. The number of hydrogen-bond donors (Lipinski definition) is 0. The van der Waals surface area contributed by atoms with E-state index < -0.39 is 32.7 Å². The summed E-state index contributed by atoms with van der Waals surface area (Å²) in [5.74, 6) is -2.09. The molecule has 0 bridgehead atoms. The second-order valence-electron chi connectivity index (χ2n) is 4.64. The van der Waals surface area contributed by atoms with Gasteiger partial charge in [0.25, 0.3) is 5.69 Å². The van der Waals surface area contributed by atoms with Gasteiger partial charge in [0.1, 0.15) is 5.69 Å². The first-order valence-electron chi connectivity index (χ1n) is 5.84. The van der Waals surface area contributed by atoms with E-state index in [0.29, 0.717) is 0 Å². The van der Waals surface area contributed by atoms with Crippen LogP contribution in [0.4, 0.5) is 15.3 Å². The summed E-state index contributed by atoms with van der Waals surface area (Å²) in [7, 11) is -4.72. The minimum atomic E-state index is -4.72. The maximum Gasteiger partial charge on any atom is 0.302 e. The second kappa shape index (κ2) is 5.57. The van der Waals surface area contributed by atoms with E-state index in [1.54, 1.807) is 0 Å². The van der Waals surface area contributed by atoms with Crippen molar-refractivity contribution in [1.82, 2.24) is 0 Å². The summed E-state index contributed by atoms with van der Waals surface area (Å²) in [5, 5.41) is 11.0.